The molecule has 0 unspecified atom stereocenters. The lowest BCUT2D eigenvalue weighted by Gasteiger charge is -2.00. The van der Waals surface area contributed by atoms with Gasteiger partial charge in [0.25, 0.3) is 0 Å². The molecule has 19 heavy (non-hydrogen) atoms. The summed E-state index contributed by atoms with van der Waals surface area (Å²) in [6, 6.07) is 9.27. The van der Waals surface area contributed by atoms with Crippen LogP contribution in [0.3, 0.4) is 0 Å². The highest BCUT2D eigenvalue weighted by atomic mass is 35.5. The molecule has 2 heterocycles. The van der Waals surface area contributed by atoms with E-state index < -0.39 is 0 Å². The van der Waals surface area contributed by atoms with Crippen molar-refractivity contribution in [2.75, 3.05) is 5.73 Å². The molecule has 6 heteroatoms. The van der Waals surface area contributed by atoms with E-state index in [0.717, 1.165) is 21.3 Å². The zero-order chi connectivity index (χ0) is 13.4. The average molecular weight is 310 g/mol. The topological polar surface area (TPSA) is 43.8 Å². The highest BCUT2D eigenvalue weighted by Gasteiger charge is 2.11. The van der Waals surface area contributed by atoms with Crippen LogP contribution in [0.2, 0.25) is 9.36 Å². The highest BCUT2D eigenvalue weighted by molar-refractivity contribution is 7.14. The van der Waals surface area contributed by atoms with E-state index in [-0.39, 0.29) is 0 Å². The van der Waals surface area contributed by atoms with Gasteiger partial charge in [-0.25, -0.2) is 4.68 Å². The minimum atomic E-state index is 0.615. The van der Waals surface area contributed by atoms with Gasteiger partial charge >= 0.3 is 0 Å². The van der Waals surface area contributed by atoms with Crippen LogP contribution in [-0.4, -0.2) is 9.78 Å². The first kappa shape index (κ1) is 12.5. The molecule has 0 aliphatic carbocycles. The third-order valence-electron chi connectivity index (χ3n) is 2.67. The van der Waals surface area contributed by atoms with Crippen molar-refractivity contribution in [2.24, 2.45) is 0 Å². The van der Waals surface area contributed by atoms with Crippen molar-refractivity contribution in [3.63, 3.8) is 0 Å². The van der Waals surface area contributed by atoms with E-state index in [1.807, 2.05) is 35.7 Å². The molecule has 0 saturated heterocycles. The number of hydrogen-bond donors (Lipinski definition) is 1. The van der Waals surface area contributed by atoms with Gasteiger partial charge in [-0.3, -0.25) is 0 Å². The summed E-state index contributed by atoms with van der Waals surface area (Å²) in [5, 5.41) is 7.12. The summed E-state index contributed by atoms with van der Waals surface area (Å²) in [5.74, 6) is 0. The summed E-state index contributed by atoms with van der Waals surface area (Å²) in [6.07, 6.45) is 1.78. The molecule has 0 amide bonds. The third-order valence-corrected chi connectivity index (χ3v) is 4.02. The first-order chi connectivity index (χ1) is 9.13. The lowest BCUT2D eigenvalue weighted by molar-refractivity contribution is 0.885. The Hall–Kier alpha value is -1.49. The van der Waals surface area contributed by atoms with Gasteiger partial charge in [-0.1, -0.05) is 23.2 Å². The number of anilines is 1. The molecule has 1 aromatic carbocycles. The lowest BCUT2D eigenvalue weighted by atomic mass is 10.2. The minimum Gasteiger partial charge on any atom is -0.396 e. The maximum atomic E-state index is 6.00. The van der Waals surface area contributed by atoms with Gasteiger partial charge in [-0.2, -0.15) is 5.10 Å². The zero-order valence-corrected chi connectivity index (χ0v) is 12.0. The van der Waals surface area contributed by atoms with Gasteiger partial charge in [-0.15, -0.1) is 11.3 Å². The van der Waals surface area contributed by atoms with E-state index in [4.69, 9.17) is 28.9 Å². The summed E-state index contributed by atoms with van der Waals surface area (Å²) in [6.45, 7) is 0. The van der Waals surface area contributed by atoms with Gasteiger partial charge in [-0.05, 0) is 30.3 Å². The quantitative estimate of drug-likeness (QED) is 0.758. The van der Waals surface area contributed by atoms with Crippen molar-refractivity contribution in [3.05, 3.63) is 51.3 Å². The predicted molar refractivity (Wildman–Crippen MR) is 81.3 cm³/mol. The number of nitrogen functional groups attached to an aromatic ring is 1. The fourth-order valence-electron chi connectivity index (χ4n) is 1.77. The number of benzene rings is 1. The summed E-state index contributed by atoms with van der Waals surface area (Å²) in [5.41, 5.74) is 9.19. The molecule has 96 valence electrons. The van der Waals surface area contributed by atoms with Crippen LogP contribution in [0.4, 0.5) is 5.69 Å². The molecule has 0 fully saturated rings. The minimum absolute atomic E-state index is 0.615. The van der Waals surface area contributed by atoms with Crippen LogP contribution in [0.5, 0.6) is 0 Å². The summed E-state index contributed by atoms with van der Waals surface area (Å²) >= 11 is 13.3. The first-order valence-corrected chi connectivity index (χ1v) is 7.12. The van der Waals surface area contributed by atoms with Crippen molar-refractivity contribution in [2.45, 2.75) is 0 Å². The van der Waals surface area contributed by atoms with E-state index in [1.54, 1.807) is 10.9 Å². The van der Waals surface area contributed by atoms with Gasteiger partial charge in [0.1, 0.15) is 5.69 Å². The van der Waals surface area contributed by atoms with Crippen LogP contribution in [0.1, 0.15) is 0 Å². The number of halogens is 2. The van der Waals surface area contributed by atoms with Gasteiger partial charge < -0.3 is 5.73 Å². The normalized spacial score (nSPS) is 10.8. The average Bonchev–Trinajstić information content (AvgIpc) is 2.96. The second-order valence-corrected chi connectivity index (χ2v) is 5.97. The molecule has 3 aromatic rings. The third kappa shape index (κ3) is 2.47. The lowest BCUT2D eigenvalue weighted by Crippen LogP contribution is -1.93. The van der Waals surface area contributed by atoms with Crippen molar-refractivity contribution in [3.8, 4) is 16.9 Å². The van der Waals surface area contributed by atoms with Crippen LogP contribution < -0.4 is 5.73 Å². The second kappa shape index (κ2) is 4.89. The van der Waals surface area contributed by atoms with Crippen molar-refractivity contribution < 1.29 is 0 Å². The predicted octanol–water partition coefficient (Wildman–Crippen LogP) is 4.49. The smallest absolute Gasteiger partial charge is 0.117 e. The van der Waals surface area contributed by atoms with Crippen LogP contribution in [-0.2, 0) is 0 Å². The SMILES string of the molecule is Nc1cn(-c2ccc(Cl)cc2)nc1-c1csc(Cl)c1. The molecular formula is C13H9Cl2N3S. The fraction of sp³-hybridized carbons (Fsp3) is 0. The molecule has 0 spiro atoms. The number of thiophene rings is 1. The van der Waals surface area contributed by atoms with Gasteiger partial charge in [0.05, 0.1) is 21.9 Å². The summed E-state index contributed by atoms with van der Waals surface area (Å²) < 4.78 is 2.45. The van der Waals surface area contributed by atoms with Crippen molar-refractivity contribution >= 4 is 40.2 Å². The maximum absolute atomic E-state index is 6.00. The van der Waals surface area contributed by atoms with Gasteiger partial charge in [0, 0.05) is 16.0 Å². The Morgan fingerprint density at radius 1 is 1.16 bits per heavy atom. The molecule has 2 N–H and O–H groups in total. The van der Waals surface area contributed by atoms with E-state index in [0.29, 0.717) is 10.7 Å². The summed E-state index contributed by atoms with van der Waals surface area (Å²) in [4.78, 5) is 0. The van der Waals surface area contributed by atoms with Crippen LogP contribution >= 0.6 is 34.5 Å². The van der Waals surface area contributed by atoms with Crippen molar-refractivity contribution in [1.82, 2.24) is 9.78 Å². The zero-order valence-electron chi connectivity index (χ0n) is 9.68. The molecule has 0 bridgehead atoms. The number of nitrogens with two attached hydrogens (primary N) is 1. The second-order valence-electron chi connectivity index (χ2n) is 3.99. The Kier molecular flexibility index (Phi) is 3.22. The number of rotatable bonds is 2. The van der Waals surface area contributed by atoms with Crippen LogP contribution in [0.25, 0.3) is 16.9 Å². The number of aromatic nitrogens is 2. The molecule has 0 aliphatic heterocycles. The van der Waals surface area contributed by atoms with E-state index in [2.05, 4.69) is 5.10 Å². The maximum Gasteiger partial charge on any atom is 0.117 e. The largest absolute Gasteiger partial charge is 0.396 e. The molecule has 3 rings (SSSR count). The number of nitrogens with zero attached hydrogens (tertiary/aromatic N) is 2. The molecule has 3 nitrogen and oxygen atoms in total. The highest BCUT2D eigenvalue weighted by Crippen LogP contribution is 2.31. The Labute approximate surface area is 124 Å². The molecule has 0 atom stereocenters. The number of hydrogen-bond acceptors (Lipinski definition) is 3. The monoisotopic (exact) mass is 309 g/mol. The standard InChI is InChI=1S/C13H9Cl2N3S/c14-9-1-3-10(4-2-9)18-6-11(16)13(17-18)8-5-12(15)19-7-8/h1-7H,16H2. The molecule has 2 aromatic heterocycles. The van der Waals surface area contributed by atoms with Gasteiger partial charge in [0.2, 0.25) is 0 Å². The van der Waals surface area contributed by atoms with Crippen molar-refractivity contribution in [1.29, 1.82) is 0 Å². The Bertz CT molecular complexity index is 716. The van der Waals surface area contributed by atoms with Crippen LogP contribution in [0, 0.1) is 0 Å². The first-order valence-electron chi connectivity index (χ1n) is 5.49. The van der Waals surface area contributed by atoms with E-state index in [9.17, 15) is 0 Å². The van der Waals surface area contributed by atoms with E-state index >= 15 is 0 Å². The summed E-state index contributed by atoms with van der Waals surface area (Å²) in [7, 11) is 0. The fourth-order valence-corrected chi connectivity index (χ4v) is 2.76. The Balaban J connectivity index is 2.04. The molecule has 0 aliphatic rings. The Morgan fingerprint density at radius 3 is 2.53 bits per heavy atom. The molecule has 0 saturated carbocycles. The molecule has 0 radical (unpaired) electrons. The van der Waals surface area contributed by atoms with E-state index in [1.165, 1.54) is 11.3 Å². The van der Waals surface area contributed by atoms with Crippen LogP contribution in [0.15, 0.2) is 41.9 Å². The van der Waals surface area contributed by atoms with Gasteiger partial charge in [0.15, 0.2) is 0 Å². The Morgan fingerprint density at radius 2 is 1.89 bits per heavy atom. The molecular weight excluding hydrogens is 301 g/mol.